The van der Waals surface area contributed by atoms with Gasteiger partial charge in [-0.15, -0.1) is 11.3 Å². The van der Waals surface area contributed by atoms with E-state index in [9.17, 15) is 4.79 Å². The van der Waals surface area contributed by atoms with E-state index in [0.29, 0.717) is 0 Å². The van der Waals surface area contributed by atoms with E-state index in [1.54, 1.807) is 11.3 Å². The van der Waals surface area contributed by atoms with Crippen LogP contribution < -0.4 is 0 Å². The van der Waals surface area contributed by atoms with Gasteiger partial charge in [-0.3, -0.25) is 4.79 Å². The molecule has 1 aromatic carbocycles. The Bertz CT molecular complexity index is 677. The highest BCUT2D eigenvalue weighted by Gasteiger charge is 2.46. The average Bonchev–Trinajstić information content (AvgIpc) is 2.97. The molecule has 0 aliphatic heterocycles. The largest absolute Gasteiger partial charge is 0.481 e. The second-order valence-corrected chi connectivity index (χ2v) is 7.83. The summed E-state index contributed by atoms with van der Waals surface area (Å²) in [4.78, 5) is 15.7. The minimum Gasteiger partial charge on any atom is -0.481 e. The molecule has 1 aliphatic rings. The van der Waals surface area contributed by atoms with Crippen LogP contribution in [-0.4, -0.2) is 16.1 Å². The first-order chi connectivity index (χ1) is 9.30. The van der Waals surface area contributed by atoms with E-state index in [4.69, 9.17) is 10.1 Å². The molecule has 4 heteroatoms. The molecule has 1 saturated carbocycles. The van der Waals surface area contributed by atoms with Gasteiger partial charge in [0.15, 0.2) is 0 Å². The minimum atomic E-state index is -0.706. The zero-order chi connectivity index (χ0) is 14.5. The normalized spacial score (nSPS) is 17.4. The molecule has 1 aromatic heterocycles. The molecular weight excluding hydrogens is 270 g/mol. The van der Waals surface area contributed by atoms with E-state index in [2.05, 4.69) is 32.9 Å². The molecule has 0 saturated heterocycles. The Morgan fingerprint density at radius 2 is 2.10 bits per heavy atom. The van der Waals surface area contributed by atoms with Gasteiger partial charge in [0.25, 0.3) is 0 Å². The topological polar surface area (TPSA) is 50.2 Å². The number of thiazole rings is 1. The van der Waals surface area contributed by atoms with Gasteiger partial charge >= 0.3 is 5.97 Å². The maximum atomic E-state index is 11.0. The van der Waals surface area contributed by atoms with Crippen LogP contribution in [0.5, 0.6) is 0 Å². The van der Waals surface area contributed by atoms with Crippen molar-refractivity contribution in [1.29, 1.82) is 0 Å². The molecule has 0 amide bonds. The summed E-state index contributed by atoms with van der Waals surface area (Å²) in [5.74, 6) is -0.706. The summed E-state index contributed by atoms with van der Waals surface area (Å²) < 4.78 is 1.17. The van der Waals surface area contributed by atoms with Gasteiger partial charge < -0.3 is 5.11 Å². The van der Waals surface area contributed by atoms with Crippen molar-refractivity contribution in [2.45, 2.75) is 50.9 Å². The molecule has 3 rings (SSSR count). The first kappa shape index (κ1) is 13.6. The average molecular weight is 289 g/mol. The fourth-order valence-corrected chi connectivity index (χ4v) is 3.65. The molecule has 0 unspecified atom stereocenters. The summed E-state index contributed by atoms with van der Waals surface area (Å²) in [6.45, 7) is 6.50. The number of carbonyl (C=O) groups is 1. The highest BCUT2D eigenvalue weighted by molar-refractivity contribution is 7.18. The minimum absolute atomic E-state index is 0.0577. The maximum absolute atomic E-state index is 11.0. The lowest BCUT2D eigenvalue weighted by Crippen LogP contribution is -2.12. The fraction of sp³-hybridized carbons (Fsp3) is 0.500. The first-order valence-electron chi connectivity index (χ1n) is 6.94. The van der Waals surface area contributed by atoms with E-state index in [1.807, 2.05) is 6.07 Å². The summed E-state index contributed by atoms with van der Waals surface area (Å²) in [7, 11) is 0. The van der Waals surface area contributed by atoms with Crippen LogP contribution >= 0.6 is 11.3 Å². The van der Waals surface area contributed by atoms with Crippen molar-refractivity contribution in [3.8, 4) is 0 Å². The van der Waals surface area contributed by atoms with Crippen LogP contribution in [0.4, 0.5) is 0 Å². The Labute approximate surface area is 122 Å². The van der Waals surface area contributed by atoms with Gasteiger partial charge in [0.1, 0.15) is 0 Å². The van der Waals surface area contributed by atoms with Crippen LogP contribution in [0.2, 0.25) is 0 Å². The summed E-state index contributed by atoms with van der Waals surface area (Å²) >= 11 is 1.72. The van der Waals surface area contributed by atoms with Crippen LogP contribution in [0.25, 0.3) is 10.2 Å². The third-order valence-corrected chi connectivity index (χ3v) is 5.43. The molecule has 1 aliphatic carbocycles. The molecule has 1 fully saturated rings. The van der Waals surface area contributed by atoms with Gasteiger partial charge in [-0.2, -0.15) is 0 Å². The zero-order valence-electron chi connectivity index (χ0n) is 12.1. The Kier molecular flexibility index (Phi) is 2.91. The summed E-state index contributed by atoms with van der Waals surface area (Å²) in [6.07, 6.45) is 2.20. The third-order valence-electron chi connectivity index (χ3n) is 3.99. The summed E-state index contributed by atoms with van der Waals surface area (Å²) in [6, 6.07) is 6.25. The van der Waals surface area contributed by atoms with E-state index in [1.165, 1.54) is 4.70 Å². The van der Waals surface area contributed by atoms with Crippen LogP contribution in [0.15, 0.2) is 18.2 Å². The standard InChI is InChI=1S/C16H19NO2S/c1-15(2,3)14-17-11-5-4-10(8-12(11)20-14)16(6-7-16)9-13(18)19/h4-5,8H,6-7,9H2,1-3H3,(H,18,19). The summed E-state index contributed by atoms with van der Waals surface area (Å²) in [5, 5.41) is 10.2. The molecule has 106 valence electrons. The van der Waals surface area contributed by atoms with Crippen molar-refractivity contribution < 1.29 is 9.90 Å². The fourth-order valence-electron chi connectivity index (χ4n) is 2.58. The van der Waals surface area contributed by atoms with Crippen molar-refractivity contribution in [2.75, 3.05) is 0 Å². The number of fused-ring (bicyclic) bond motifs is 1. The predicted molar refractivity (Wildman–Crippen MR) is 81.5 cm³/mol. The lowest BCUT2D eigenvalue weighted by molar-refractivity contribution is -0.137. The number of rotatable bonds is 3. The highest BCUT2D eigenvalue weighted by Crippen LogP contribution is 2.51. The molecule has 2 aromatic rings. The Morgan fingerprint density at radius 3 is 2.65 bits per heavy atom. The molecule has 20 heavy (non-hydrogen) atoms. The van der Waals surface area contributed by atoms with E-state index in [0.717, 1.165) is 28.9 Å². The molecule has 0 spiro atoms. The second kappa shape index (κ2) is 4.29. The molecule has 0 atom stereocenters. The third kappa shape index (κ3) is 2.33. The quantitative estimate of drug-likeness (QED) is 0.925. The number of aliphatic carboxylic acids is 1. The van der Waals surface area contributed by atoms with Gasteiger partial charge in [-0.1, -0.05) is 26.8 Å². The number of benzene rings is 1. The zero-order valence-corrected chi connectivity index (χ0v) is 12.9. The van der Waals surface area contributed by atoms with Crippen LogP contribution in [-0.2, 0) is 15.6 Å². The number of nitrogens with zero attached hydrogens (tertiary/aromatic N) is 1. The lowest BCUT2D eigenvalue weighted by Gasteiger charge is -2.13. The Balaban J connectivity index is 2.01. The molecule has 1 heterocycles. The molecular formula is C16H19NO2S. The maximum Gasteiger partial charge on any atom is 0.304 e. The van der Waals surface area contributed by atoms with Gasteiger partial charge in [-0.25, -0.2) is 4.98 Å². The summed E-state index contributed by atoms with van der Waals surface area (Å²) in [5.41, 5.74) is 2.12. The van der Waals surface area contributed by atoms with Gasteiger partial charge in [0.2, 0.25) is 0 Å². The van der Waals surface area contributed by atoms with Gasteiger partial charge in [-0.05, 0) is 30.5 Å². The van der Waals surface area contributed by atoms with Gasteiger partial charge in [0, 0.05) is 10.8 Å². The SMILES string of the molecule is CC(C)(C)c1nc2ccc(C3(CC(=O)O)CC3)cc2s1. The van der Waals surface area contributed by atoms with Crippen molar-refractivity contribution in [3.63, 3.8) is 0 Å². The number of hydrogen-bond acceptors (Lipinski definition) is 3. The van der Waals surface area contributed by atoms with E-state index < -0.39 is 5.97 Å². The number of hydrogen-bond donors (Lipinski definition) is 1. The molecule has 0 radical (unpaired) electrons. The van der Waals surface area contributed by atoms with Gasteiger partial charge in [0.05, 0.1) is 21.6 Å². The van der Waals surface area contributed by atoms with Crippen molar-refractivity contribution >= 4 is 27.5 Å². The molecule has 0 bridgehead atoms. The Morgan fingerprint density at radius 1 is 1.40 bits per heavy atom. The highest BCUT2D eigenvalue weighted by atomic mass is 32.1. The van der Waals surface area contributed by atoms with Crippen LogP contribution in [0.1, 0.15) is 50.6 Å². The van der Waals surface area contributed by atoms with Crippen molar-refractivity contribution in [2.24, 2.45) is 0 Å². The van der Waals surface area contributed by atoms with Crippen molar-refractivity contribution in [3.05, 3.63) is 28.8 Å². The van der Waals surface area contributed by atoms with Crippen LogP contribution in [0.3, 0.4) is 0 Å². The molecule has 1 N–H and O–H groups in total. The predicted octanol–water partition coefficient (Wildman–Crippen LogP) is 4.10. The van der Waals surface area contributed by atoms with Crippen molar-refractivity contribution in [1.82, 2.24) is 4.98 Å². The second-order valence-electron chi connectivity index (χ2n) is 6.80. The Hall–Kier alpha value is -1.42. The lowest BCUT2D eigenvalue weighted by atomic mass is 9.92. The number of carboxylic acid groups (broad SMARTS) is 1. The number of aromatic nitrogens is 1. The first-order valence-corrected chi connectivity index (χ1v) is 7.75. The monoisotopic (exact) mass is 289 g/mol. The van der Waals surface area contributed by atoms with E-state index in [-0.39, 0.29) is 17.3 Å². The number of carboxylic acids is 1. The van der Waals surface area contributed by atoms with E-state index >= 15 is 0 Å². The van der Waals surface area contributed by atoms with Crippen LogP contribution in [0, 0.1) is 0 Å². The smallest absolute Gasteiger partial charge is 0.304 e. The molecule has 3 nitrogen and oxygen atoms in total.